The van der Waals surface area contributed by atoms with Crippen molar-refractivity contribution >= 4 is 11.6 Å². The Morgan fingerprint density at radius 1 is 1.57 bits per heavy atom. The van der Waals surface area contributed by atoms with Crippen LogP contribution >= 0.6 is 0 Å². The maximum atomic E-state index is 12.2. The fraction of sp³-hybridized carbons (Fsp3) is 0.500. The summed E-state index contributed by atoms with van der Waals surface area (Å²) in [5.74, 6) is 0.0218. The summed E-state index contributed by atoms with van der Waals surface area (Å²) in [4.78, 5) is 16.8. The largest absolute Gasteiger partial charge is 0.378 e. The molecule has 21 heavy (non-hydrogen) atoms. The average molecular weight is 287 g/mol. The van der Waals surface area contributed by atoms with Gasteiger partial charge in [-0.1, -0.05) is 6.07 Å². The zero-order valence-corrected chi connectivity index (χ0v) is 12.5. The van der Waals surface area contributed by atoms with Crippen molar-refractivity contribution in [1.29, 1.82) is 0 Å². The summed E-state index contributed by atoms with van der Waals surface area (Å²) in [5, 5.41) is 2.98. The van der Waals surface area contributed by atoms with E-state index in [2.05, 4.69) is 10.3 Å². The van der Waals surface area contributed by atoms with Crippen molar-refractivity contribution < 1.29 is 9.53 Å². The summed E-state index contributed by atoms with van der Waals surface area (Å²) in [6.45, 7) is 5.23. The van der Waals surface area contributed by atoms with E-state index in [0.717, 1.165) is 36.4 Å². The van der Waals surface area contributed by atoms with E-state index in [1.807, 2.05) is 42.8 Å². The Bertz CT molecular complexity index is 650. The number of nitrogens with zero attached hydrogens (tertiary/aromatic N) is 2. The van der Waals surface area contributed by atoms with E-state index in [4.69, 9.17) is 4.74 Å². The summed E-state index contributed by atoms with van der Waals surface area (Å²) < 4.78 is 7.54. The van der Waals surface area contributed by atoms with Crippen molar-refractivity contribution in [3.05, 3.63) is 35.8 Å². The van der Waals surface area contributed by atoms with Gasteiger partial charge in [0.1, 0.15) is 5.65 Å². The number of hydrogen-bond acceptors (Lipinski definition) is 3. The van der Waals surface area contributed by atoms with E-state index >= 15 is 0 Å². The van der Waals surface area contributed by atoms with Crippen LogP contribution in [0.25, 0.3) is 5.65 Å². The summed E-state index contributed by atoms with van der Waals surface area (Å²) in [5.41, 5.74) is 2.95. The third-order valence-electron chi connectivity index (χ3n) is 4.12. The second kappa shape index (κ2) is 5.85. The molecule has 5 heteroatoms. The highest BCUT2D eigenvalue weighted by molar-refractivity contribution is 5.79. The highest BCUT2D eigenvalue weighted by Gasteiger charge is 2.28. The van der Waals surface area contributed by atoms with Crippen LogP contribution in [0.5, 0.6) is 0 Å². The van der Waals surface area contributed by atoms with Crippen LogP contribution in [0.15, 0.2) is 24.5 Å². The summed E-state index contributed by atoms with van der Waals surface area (Å²) >= 11 is 0. The van der Waals surface area contributed by atoms with Crippen molar-refractivity contribution in [2.45, 2.75) is 39.3 Å². The van der Waals surface area contributed by atoms with Gasteiger partial charge in [0.05, 0.1) is 24.3 Å². The van der Waals surface area contributed by atoms with Crippen LogP contribution < -0.4 is 5.32 Å². The molecule has 2 atom stereocenters. The van der Waals surface area contributed by atoms with E-state index in [-0.39, 0.29) is 17.9 Å². The lowest BCUT2D eigenvalue weighted by Crippen LogP contribution is -2.39. The van der Waals surface area contributed by atoms with Gasteiger partial charge >= 0.3 is 0 Å². The molecule has 112 valence electrons. The average Bonchev–Trinajstić information content (AvgIpc) is 2.90. The number of aryl methyl sites for hydroxylation is 1. The first-order valence-electron chi connectivity index (χ1n) is 7.47. The van der Waals surface area contributed by atoms with Gasteiger partial charge in [-0.25, -0.2) is 4.98 Å². The van der Waals surface area contributed by atoms with Crippen molar-refractivity contribution in [1.82, 2.24) is 14.7 Å². The van der Waals surface area contributed by atoms with E-state index in [1.54, 1.807) is 0 Å². The number of aromatic nitrogens is 2. The number of ether oxygens (including phenoxy) is 1. The number of rotatable bonds is 3. The maximum Gasteiger partial charge on any atom is 0.226 e. The molecule has 1 aliphatic heterocycles. The molecule has 1 saturated heterocycles. The highest BCUT2D eigenvalue weighted by Crippen LogP contribution is 2.20. The Morgan fingerprint density at radius 3 is 3.19 bits per heavy atom. The van der Waals surface area contributed by atoms with Gasteiger partial charge in [0.2, 0.25) is 5.91 Å². The lowest BCUT2D eigenvalue weighted by Gasteiger charge is -2.27. The molecule has 0 aromatic carbocycles. The molecule has 0 aliphatic carbocycles. The second-order valence-corrected chi connectivity index (χ2v) is 5.70. The lowest BCUT2D eigenvalue weighted by molar-refractivity contribution is -0.133. The van der Waals surface area contributed by atoms with Gasteiger partial charge in [0, 0.05) is 19.0 Å². The number of carbonyl (C=O) groups excluding carboxylic acids is 1. The Kier molecular flexibility index (Phi) is 3.92. The normalized spacial score (nSPS) is 22.4. The molecule has 1 aliphatic rings. The van der Waals surface area contributed by atoms with Crippen molar-refractivity contribution in [2.24, 2.45) is 5.92 Å². The summed E-state index contributed by atoms with van der Waals surface area (Å²) in [7, 11) is 0. The van der Waals surface area contributed by atoms with Crippen LogP contribution in [0.2, 0.25) is 0 Å². The highest BCUT2D eigenvalue weighted by atomic mass is 16.5. The molecular formula is C16H21N3O2. The van der Waals surface area contributed by atoms with E-state index in [1.165, 1.54) is 0 Å². The third-order valence-corrected chi connectivity index (χ3v) is 4.12. The number of amides is 1. The van der Waals surface area contributed by atoms with Gasteiger partial charge in [0.25, 0.3) is 0 Å². The minimum atomic E-state index is -0.0440. The molecule has 1 fully saturated rings. The number of fused-ring (bicyclic) bond motifs is 1. The first-order valence-corrected chi connectivity index (χ1v) is 7.47. The number of imidazole rings is 1. The van der Waals surface area contributed by atoms with Gasteiger partial charge in [-0.15, -0.1) is 0 Å². The van der Waals surface area contributed by atoms with Crippen molar-refractivity contribution in [3.8, 4) is 0 Å². The van der Waals surface area contributed by atoms with Crippen LogP contribution in [0.3, 0.4) is 0 Å². The Morgan fingerprint density at radius 2 is 2.43 bits per heavy atom. The Labute approximate surface area is 124 Å². The maximum absolute atomic E-state index is 12.2. The predicted molar refractivity (Wildman–Crippen MR) is 79.9 cm³/mol. The van der Waals surface area contributed by atoms with E-state index < -0.39 is 0 Å². The summed E-state index contributed by atoms with van der Waals surface area (Å²) in [6.07, 6.45) is 5.79. The smallest absolute Gasteiger partial charge is 0.226 e. The minimum Gasteiger partial charge on any atom is -0.378 e. The van der Waals surface area contributed by atoms with Gasteiger partial charge in [-0.2, -0.15) is 0 Å². The minimum absolute atomic E-state index is 0.00191. The molecule has 2 unspecified atom stereocenters. The Hall–Kier alpha value is -1.88. The first-order chi connectivity index (χ1) is 10.1. The van der Waals surface area contributed by atoms with Gasteiger partial charge in [0.15, 0.2) is 0 Å². The second-order valence-electron chi connectivity index (χ2n) is 5.70. The number of pyridine rings is 1. The van der Waals surface area contributed by atoms with Crippen LogP contribution in [-0.4, -0.2) is 28.0 Å². The monoisotopic (exact) mass is 287 g/mol. The molecule has 2 aromatic rings. The predicted octanol–water partition coefficient (Wildman–Crippen LogP) is 2.07. The molecule has 0 radical (unpaired) electrons. The SMILES string of the molecule is Cc1cccn2cc(CNC(=O)C3CCCOC3C)nc12. The zero-order valence-electron chi connectivity index (χ0n) is 12.5. The molecule has 2 aromatic heterocycles. The van der Waals surface area contributed by atoms with Crippen LogP contribution in [0, 0.1) is 12.8 Å². The number of nitrogens with one attached hydrogen (secondary N) is 1. The Balaban J connectivity index is 1.66. The molecule has 0 bridgehead atoms. The quantitative estimate of drug-likeness (QED) is 0.940. The fourth-order valence-electron chi connectivity index (χ4n) is 2.87. The van der Waals surface area contributed by atoms with Gasteiger partial charge in [-0.3, -0.25) is 4.79 Å². The van der Waals surface area contributed by atoms with E-state index in [0.29, 0.717) is 6.54 Å². The van der Waals surface area contributed by atoms with Gasteiger partial charge in [-0.05, 0) is 38.3 Å². The zero-order chi connectivity index (χ0) is 14.8. The van der Waals surface area contributed by atoms with Crippen LogP contribution in [0.4, 0.5) is 0 Å². The van der Waals surface area contributed by atoms with Gasteiger partial charge < -0.3 is 14.5 Å². The third kappa shape index (κ3) is 2.93. The summed E-state index contributed by atoms with van der Waals surface area (Å²) in [6, 6.07) is 4.03. The fourth-order valence-corrected chi connectivity index (χ4v) is 2.87. The molecule has 0 spiro atoms. The topological polar surface area (TPSA) is 55.6 Å². The van der Waals surface area contributed by atoms with Crippen LogP contribution in [-0.2, 0) is 16.1 Å². The number of hydrogen-bond donors (Lipinski definition) is 1. The van der Waals surface area contributed by atoms with Crippen LogP contribution in [0.1, 0.15) is 31.0 Å². The molecule has 3 rings (SSSR count). The first kappa shape index (κ1) is 14.1. The van der Waals surface area contributed by atoms with Crippen molar-refractivity contribution in [3.63, 3.8) is 0 Å². The standard InChI is InChI=1S/C16H21N3O2/c1-11-5-3-7-19-10-13(18-15(11)19)9-17-16(20)14-6-4-8-21-12(14)2/h3,5,7,10,12,14H,4,6,8-9H2,1-2H3,(H,17,20). The van der Waals surface area contributed by atoms with E-state index in [9.17, 15) is 4.79 Å². The molecule has 3 heterocycles. The van der Waals surface area contributed by atoms with Crippen molar-refractivity contribution in [2.75, 3.05) is 6.61 Å². The molecule has 0 saturated carbocycles. The molecule has 1 amide bonds. The lowest BCUT2D eigenvalue weighted by atomic mass is 9.94. The molecular weight excluding hydrogens is 266 g/mol. The molecule has 5 nitrogen and oxygen atoms in total. The molecule has 1 N–H and O–H groups in total. The number of carbonyl (C=O) groups is 1.